The number of anilines is 3. The second-order valence-corrected chi connectivity index (χ2v) is 19.2. The maximum absolute atomic E-state index is 2.59. The van der Waals surface area contributed by atoms with E-state index >= 15 is 0 Å². The second-order valence-electron chi connectivity index (χ2n) is 19.2. The van der Waals surface area contributed by atoms with Crippen molar-refractivity contribution in [2.45, 2.75) is 37.0 Å². The fourth-order valence-electron chi connectivity index (χ4n) is 12.6. The minimum absolute atomic E-state index is 0.172. The van der Waals surface area contributed by atoms with E-state index in [1.165, 1.54) is 100 Å². The molecule has 0 spiro atoms. The molecule has 0 amide bonds. The summed E-state index contributed by atoms with van der Waals surface area (Å²) >= 11 is 0. The Hall–Kier alpha value is -8.00. The van der Waals surface area contributed by atoms with Gasteiger partial charge in [-0.25, -0.2) is 0 Å². The van der Waals surface area contributed by atoms with Crippen LogP contribution in [0.3, 0.4) is 0 Å². The highest BCUT2D eigenvalue weighted by Gasteiger charge is 2.47. The van der Waals surface area contributed by atoms with E-state index in [2.05, 4.69) is 268 Å². The van der Waals surface area contributed by atoms with E-state index < -0.39 is 5.41 Å². The number of nitrogens with zero attached hydrogens (tertiary/aromatic N) is 1. The third-order valence-electron chi connectivity index (χ3n) is 15.7. The predicted molar refractivity (Wildman–Crippen MR) is 279 cm³/mol. The Labute approximate surface area is 394 Å². The van der Waals surface area contributed by atoms with Gasteiger partial charge >= 0.3 is 0 Å². The van der Waals surface area contributed by atoms with Gasteiger partial charge in [0, 0.05) is 27.6 Å². The van der Waals surface area contributed by atoms with Crippen molar-refractivity contribution in [3.05, 3.63) is 293 Å². The van der Waals surface area contributed by atoms with Crippen LogP contribution in [0.15, 0.2) is 243 Å². The van der Waals surface area contributed by atoms with Crippen LogP contribution in [0.4, 0.5) is 17.1 Å². The Balaban J connectivity index is 1.12. The zero-order chi connectivity index (χ0) is 44.9. The smallest absolute Gasteiger partial charge is 0.0714 e. The van der Waals surface area contributed by atoms with Gasteiger partial charge in [-0.2, -0.15) is 0 Å². The maximum atomic E-state index is 2.59. The SMILES string of the molecule is CC1(C)c2ccccc2-c2c(N(c3ccc4c(c3)C(c3ccccc3)(c3ccccc3)c3ccccc3-4)c3ccccc3-c3cccc4c3-c3ccccc3C4(C)c3ccccc3)cccc21. The summed E-state index contributed by atoms with van der Waals surface area (Å²) < 4.78 is 0. The molecule has 0 saturated heterocycles. The molecule has 3 aliphatic rings. The highest BCUT2D eigenvalue weighted by atomic mass is 15.1. The molecule has 0 radical (unpaired) electrons. The summed E-state index contributed by atoms with van der Waals surface area (Å²) in [7, 11) is 0. The summed E-state index contributed by atoms with van der Waals surface area (Å²) in [5.41, 5.74) is 24.3. The van der Waals surface area contributed by atoms with E-state index in [-0.39, 0.29) is 10.8 Å². The van der Waals surface area contributed by atoms with Crippen molar-refractivity contribution in [3.63, 3.8) is 0 Å². The van der Waals surface area contributed by atoms with Crippen LogP contribution in [0.25, 0.3) is 44.5 Å². The number of hydrogen-bond acceptors (Lipinski definition) is 1. The molecule has 0 aromatic heterocycles. The van der Waals surface area contributed by atoms with Gasteiger partial charge in [0.05, 0.1) is 16.8 Å². The van der Waals surface area contributed by atoms with Gasteiger partial charge in [-0.05, 0) is 115 Å². The van der Waals surface area contributed by atoms with Crippen LogP contribution in [0.5, 0.6) is 0 Å². The van der Waals surface area contributed by atoms with Crippen LogP contribution in [-0.2, 0) is 16.2 Å². The quantitative estimate of drug-likeness (QED) is 0.154. The van der Waals surface area contributed by atoms with Crippen molar-refractivity contribution in [1.29, 1.82) is 0 Å². The summed E-state index contributed by atoms with van der Waals surface area (Å²) in [5.74, 6) is 0. The maximum Gasteiger partial charge on any atom is 0.0714 e. The zero-order valence-electron chi connectivity index (χ0n) is 38.0. The van der Waals surface area contributed by atoms with Crippen LogP contribution in [0.1, 0.15) is 70.8 Å². The Morgan fingerprint density at radius 2 is 0.746 bits per heavy atom. The molecule has 1 atom stereocenters. The normalized spacial score (nSPS) is 16.3. The van der Waals surface area contributed by atoms with E-state index in [9.17, 15) is 0 Å². The average Bonchev–Trinajstić information content (AvgIpc) is 3.94. The molecule has 1 heteroatoms. The molecular formula is C66H49N. The van der Waals surface area contributed by atoms with E-state index in [4.69, 9.17) is 0 Å². The molecule has 0 aliphatic heterocycles. The number of hydrogen-bond donors (Lipinski definition) is 0. The van der Waals surface area contributed by atoms with E-state index in [0.29, 0.717) is 0 Å². The second kappa shape index (κ2) is 14.8. The first-order chi connectivity index (χ1) is 32.9. The zero-order valence-corrected chi connectivity index (χ0v) is 38.0. The van der Waals surface area contributed by atoms with Crippen LogP contribution >= 0.6 is 0 Å². The Morgan fingerprint density at radius 3 is 1.43 bits per heavy atom. The number of fused-ring (bicyclic) bond motifs is 9. The lowest BCUT2D eigenvalue weighted by Crippen LogP contribution is -2.28. The molecule has 10 aromatic rings. The first kappa shape index (κ1) is 39.4. The fourth-order valence-corrected chi connectivity index (χ4v) is 12.6. The van der Waals surface area contributed by atoms with Crippen LogP contribution < -0.4 is 4.90 Å². The molecule has 0 heterocycles. The molecule has 318 valence electrons. The van der Waals surface area contributed by atoms with E-state index in [0.717, 1.165) is 11.4 Å². The molecule has 67 heavy (non-hydrogen) atoms. The molecule has 13 rings (SSSR count). The van der Waals surface area contributed by atoms with Crippen molar-refractivity contribution >= 4 is 17.1 Å². The summed E-state index contributed by atoms with van der Waals surface area (Å²) in [6.07, 6.45) is 0. The van der Waals surface area contributed by atoms with Gasteiger partial charge in [0.2, 0.25) is 0 Å². The number of benzene rings is 10. The minimum Gasteiger partial charge on any atom is -0.309 e. The van der Waals surface area contributed by atoms with E-state index in [1.54, 1.807) is 0 Å². The van der Waals surface area contributed by atoms with Gasteiger partial charge in [-0.3, -0.25) is 0 Å². The first-order valence-corrected chi connectivity index (χ1v) is 23.7. The summed E-state index contributed by atoms with van der Waals surface area (Å²) in [4.78, 5) is 2.59. The monoisotopic (exact) mass is 855 g/mol. The van der Waals surface area contributed by atoms with Gasteiger partial charge < -0.3 is 4.90 Å². The average molecular weight is 856 g/mol. The molecule has 0 saturated carbocycles. The van der Waals surface area contributed by atoms with Crippen molar-refractivity contribution in [3.8, 4) is 44.5 Å². The lowest BCUT2D eigenvalue weighted by Gasteiger charge is -2.35. The topological polar surface area (TPSA) is 3.24 Å². The highest BCUT2D eigenvalue weighted by molar-refractivity contribution is 6.02. The standard InChI is InChI=1S/C66H49N/c1-64(2)54-34-17-14-31-52(54)63-57(64)37-22-40-61(63)67(47-41-42-49-48-29-13-19-36-56(48)66(59(49)43-47,45-25-9-5-10-26-45)46-27-11-6-12-28-46)60-39-20-16-30-50(60)51-33-21-38-58-62(51)53-32-15-18-35-55(53)65(58,3)44-23-7-4-8-24-44/h4-43H,1-3H3. The van der Waals surface area contributed by atoms with Crippen LogP contribution in [-0.4, -0.2) is 0 Å². The van der Waals surface area contributed by atoms with Crippen molar-refractivity contribution in [2.24, 2.45) is 0 Å². The van der Waals surface area contributed by atoms with Gasteiger partial charge in [0.1, 0.15) is 0 Å². The van der Waals surface area contributed by atoms with Gasteiger partial charge in [0.15, 0.2) is 0 Å². The largest absolute Gasteiger partial charge is 0.309 e. The van der Waals surface area contributed by atoms with Gasteiger partial charge in [-0.1, -0.05) is 232 Å². The fraction of sp³-hybridized carbons (Fsp3) is 0.0909. The molecular weight excluding hydrogens is 807 g/mol. The molecule has 0 N–H and O–H groups in total. The summed E-state index contributed by atoms with van der Waals surface area (Å²) in [6.45, 7) is 7.18. The third kappa shape index (κ3) is 5.43. The molecule has 10 aromatic carbocycles. The third-order valence-corrected chi connectivity index (χ3v) is 15.7. The molecule has 0 fully saturated rings. The molecule has 1 nitrogen and oxygen atoms in total. The van der Waals surface area contributed by atoms with Crippen molar-refractivity contribution in [2.75, 3.05) is 4.90 Å². The van der Waals surface area contributed by atoms with E-state index in [1.807, 2.05) is 0 Å². The Kier molecular flexibility index (Phi) is 8.67. The van der Waals surface area contributed by atoms with Crippen molar-refractivity contribution in [1.82, 2.24) is 0 Å². The lowest BCUT2D eigenvalue weighted by atomic mass is 9.67. The minimum atomic E-state index is -0.547. The summed E-state index contributed by atoms with van der Waals surface area (Å²) in [5, 5.41) is 0. The van der Waals surface area contributed by atoms with Gasteiger partial charge in [-0.15, -0.1) is 0 Å². The van der Waals surface area contributed by atoms with Crippen LogP contribution in [0.2, 0.25) is 0 Å². The Bertz CT molecular complexity index is 3530. The number of rotatable bonds is 7. The Morgan fingerprint density at radius 1 is 0.284 bits per heavy atom. The van der Waals surface area contributed by atoms with Crippen LogP contribution in [0, 0.1) is 0 Å². The molecule has 3 aliphatic carbocycles. The molecule has 1 unspecified atom stereocenters. The lowest BCUT2D eigenvalue weighted by molar-refractivity contribution is 0.660. The summed E-state index contributed by atoms with van der Waals surface area (Å²) in [6, 6.07) is 91.0. The van der Waals surface area contributed by atoms with Gasteiger partial charge in [0.25, 0.3) is 0 Å². The van der Waals surface area contributed by atoms with Crippen molar-refractivity contribution < 1.29 is 0 Å². The number of para-hydroxylation sites is 1. The predicted octanol–water partition coefficient (Wildman–Crippen LogP) is 16.8. The first-order valence-electron chi connectivity index (χ1n) is 23.7. The highest BCUT2D eigenvalue weighted by Crippen LogP contribution is 2.61. The molecule has 0 bridgehead atoms.